The fourth-order valence-electron chi connectivity index (χ4n) is 2.02. The van der Waals surface area contributed by atoms with Crippen molar-refractivity contribution in [2.24, 2.45) is 5.73 Å². The van der Waals surface area contributed by atoms with Crippen LogP contribution in [0, 0.1) is 0 Å². The van der Waals surface area contributed by atoms with Crippen LogP contribution in [0.1, 0.15) is 17.9 Å². The summed E-state index contributed by atoms with van der Waals surface area (Å²) in [5, 5.41) is 0. The molecule has 1 aromatic carbocycles. The van der Waals surface area contributed by atoms with Crippen molar-refractivity contribution in [3.8, 4) is 17.2 Å². The van der Waals surface area contributed by atoms with Crippen LogP contribution >= 0.6 is 0 Å². The van der Waals surface area contributed by atoms with Crippen LogP contribution in [-0.4, -0.2) is 41.0 Å². The first-order valence-electron chi connectivity index (χ1n) is 6.18. The molecule has 0 heterocycles. The monoisotopic (exact) mass is 283 g/mol. The summed E-state index contributed by atoms with van der Waals surface area (Å²) in [6, 6.07) is 3.47. The highest BCUT2D eigenvalue weighted by Crippen LogP contribution is 2.40. The molecule has 0 aromatic heterocycles. The Labute approximate surface area is 118 Å². The lowest BCUT2D eigenvalue weighted by Crippen LogP contribution is -2.19. The van der Waals surface area contributed by atoms with E-state index in [1.165, 1.54) is 7.11 Å². The van der Waals surface area contributed by atoms with E-state index < -0.39 is 0 Å². The van der Waals surface area contributed by atoms with Crippen LogP contribution in [-0.2, 0) is 9.53 Å². The zero-order chi connectivity index (χ0) is 15.1. The molecule has 6 nitrogen and oxygen atoms in total. The highest BCUT2D eigenvalue weighted by Gasteiger charge is 2.24. The normalized spacial score (nSPS) is 11.7. The van der Waals surface area contributed by atoms with Crippen LogP contribution < -0.4 is 19.9 Å². The Morgan fingerprint density at radius 3 is 2.00 bits per heavy atom. The van der Waals surface area contributed by atoms with Gasteiger partial charge in [-0.15, -0.1) is 0 Å². The maximum absolute atomic E-state index is 11.5. The van der Waals surface area contributed by atoms with Crippen molar-refractivity contribution in [1.82, 2.24) is 0 Å². The average molecular weight is 283 g/mol. The van der Waals surface area contributed by atoms with Gasteiger partial charge >= 0.3 is 5.97 Å². The number of hydrogen-bond donors (Lipinski definition) is 1. The molecule has 1 atom stereocenters. The number of nitrogens with two attached hydrogens (primary N) is 1. The zero-order valence-electron chi connectivity index (χ0n) is 12.3. The summed E-state index contributed by atoms with van der Waals surface area (Å²) < 4.78 is 20.6. The molecule has 0 saturated heterocycles. The van der Waals surface area contributed by atoms with Crippen molar-refractivity contribution < 1.29 is 23.7 Å². The van der Waals surface area contributed by atoms with Crippen molar-refractivity contribution in [3.05, 3.63) is 17.7 Å². The van der Waals surface area contributed by atoms with Gasteiger partial charge < -0.3 is 24.7 Å². The number of ether oxygens (including phenoxy) is 4. The molecule has 1 rings (SSSR count). The Hall–Kier alpha value is -1.95. The van der Waals surface area contributed by atoms with E-state index in [9.17, 15) is 4.79 Å². The minimum absolute atomic E-state index is 0.159. The summed E-state index contributed by atoms with van der Waals surface area (Å²) in [7, 11) is 5.99. The third-order valence-corrected chi connectivity index (χ3v) is 3.09. The molecule has 0 aliphatic carbocycles. The molecule has 0 aliphatic heterocycles. The van der Waals surface area contributed by atoms with Crippen molar-refractivity contribution in [2.75, 3.05) is 35.0 Å². The summed E-state index contributed by atoms with van der Waals surface area (Å²) in [6.45, 7) is 0.272. The average Bonchev–Trinajstić information content (AvgIpc) is 2.50. The maximum atomic E-state index is 11.5. The Balaban J connectivity index is 3.27. The summed E-state index contributed by atoms with van der Waals surface area (Å²) in [6.07, 6.45) is 0.159. The van der Waals surface area contributed by atoms with Gasteiger partial charge in [0.15, 0.2) is 0 Å². The summed E-state index contributed by atoms with van der Waals surface area (Å²) in [4.78, 5) is 11.5. The molecule has 0 spiro atoms. The fraction of sp³-hybridized carbons (Fsp3) is 0.500. The van der Waals surface area contributed by atoms with Gasteiger partial charge in [0.05, 0.1) is 34.9 Å². The van der Waals surface area contributed by atoms with Crippen LogP contribution in [0.2, 0.25) is 0 Å². The van der Waals surface area contributed by atoms with Gasteiger partial charge in [0, 0.05) is 30.2 Å². The van der Waals surface area contributed by atoms with Gasteiger partial charge in [-0.05, 0) is 0 Å². The van der Waals surface area contributed by atoms with Gasteiger partial charge in [-0.25, -0.2) is 0 Å². The Morgan fingerprint density at radius 2 is 1.65 bits per heavy atom. The first kappa shape index (κ1) is 16.1. The van der Waals surface area contributed by atoms with Crippen LogP contribution in [0.5, 0.6) is 17.2 Å². The number of rotatable bonds is 7. The second kappa shape index (κ2) is 7.59. The molecular weight excluding hydrogens is 262 g/mol. The SMILES string of the molecule is COC(=O)CC(CN)c1c(OC)cc(OC)cc1OC. The van der Waals surface area contributed by atoms with Crippen LogP contribution in [0.3, 0.4) is 0 Å². The van der Waals surface area contributed by atoms with Gasteiger partial charge in [0.1, 0.15) is 17.2 Å². The standard InChI is InChI=1S/C14H21NO5/c1-17-10-6-11(18-2)14(12(7-10)19-3)9(8-15)5-13(16)20-4/h6-7,9H,5,8,15H2,1-4H3. The van der Waals surface area contributed by atoms with Crippen molar-refractivity contribution in [1.29, 1.82) is 0 Å². The van der Waals surface area contributed by atoms with E-state index in [-0.39, 0.29) is 24.9 Å². The van der Waals surface area contributed by atoms with E-state index in [1.54, 1.807) is 33.5 Å². The van der Waals surface area contributed by atoms with Crippen LogP contribution in [0.15, 0.2) is 12.1 Å². The van der Waals surface area contributed by atoms with Gasteiger partial charge in [-0.2, -0.15) is 0 Å². The minimum atomic E-state index is -0.333. The quantitative estimate of drug-likeness (QED) is 0.760. The molecule has 0 bridgehead atoms. The smallest absolute Gasteiger partial charge is 0.306 e. The molecule has 1 unspecified atom stereocenters. The van der Waals surface area contributed by atoms with Crippen LogP contribution in [0.4, 0.5) is 0 Å². The lowest BCUT2D eigenvalue weighted by Gasteiger charge is -2.21. The zero-order valence-corrected chi connectivity index (χ0v) is 12.3. The van der Waals surface area contributed by atoms with E-state index in [4.69, 9.17) is 24.7 Å². The third-order valence-electron chi connectivity index (χ3n) is 3.09. The summed E-state index contributed by atoms with van der Waals surface area (Å²) in [5.74, 6) is 1.16. The number of carbonyl (C=O) groups is 1. The highest BCUT2D eigenvalue weighted by atomic mass is 16.5. The second-order valence-corrected chi connectivity index (χ2v) is 4.16. The molecule has 6 heteroatoms. The molecule has 20 heavy (non-hydrogen) atoms. The summed E-state index contributed by atoms with van der Waals surface area (Å²) >= 11 is 0. The summed E-state index contributed by atoms with van der Waals surface area (Å²) in [5.41, 5.74) is 6.51. The number of benzene rings is 1. The lowest BCUT2D eigenvalue weighted by atomic mass is 9.93. The first-order chi connectivity index (χ1) is 9.60. The van der Waals surface area contributed by atoms with E-state index >= 15 is 0 Å². The number of esters is 1. The molecule has 0 saturated carbocycles. The predicted molar refractivity (Wildman–Crippen MR) is 74.5 cm³/mol. The maximum Gasteiger partial charge on any atom is 0.306 e. The highest BCUT2D eigenvalue weighted by molar-refractivity contribution is 5.71. The first-order valence-corrected chi connectivity index (χ1v) is 6.18. The number of methoxy groups -OCH3 is 4. The van der Waals surface area contributed by atoms with Crippen molar-refractivity contribution >= 4 is 5.97 Å². The van der Waals surface area contributed by atoms with E-state index in [0.717, 1.165) is 5.56 Å². The lowest BCUT2D eigenvalue weighted by molar-refractivity contribution is -0.141. The Kier molecular flexibility index (Phi) is 6.11. The van der Waals surface area contributed by atoms with E-state index in [2.05, 4.69) is 0 Å². The van der Waals surface area contributed by atoms with Crippen molar-refractivity contribution in [3.63, 3.8) is 0 Å². The van der Waals surface area contributed by atoms with Gasteiger partial charge in [-0.1, -0.05) is 0 Å². The largest absolute Gasteiger partial charge is 0.496 e. The molecular formula is C14H21NO5. The van der Waals surface area contributed by atoms with Crippen LogP contribution in [0.25, 0.3) is 0 Å². The molecule has 112 valence electrons. The topological polar surface area (TPSA) is 80.0 Å². The predicted octanol–water partition coefficient (Wildman–Crippen LogP) is 1.32. The molecule has 0 amide bonds. The molecule has 1 aromatic rings. The van der Waals surface area contributed by atoms with Gasteiger partial charge in [-0.3, -0.25) is 4.79 Å². The number of carbonyl (C=O) groups excluding carboxylic acids is 1. The molecule has 2 N–H and O–H groups in total. The Morgan fingerprint density at radius 1 is 1.10 bits per heavy atom. The Bertz CT molecular complexity index is 436. The minimum Gasteiger partial charge on any atom is -0.496 e. The fourth-order valence-corrected chi connectivity index (χ4v) is 2.02. The van der Waals surface area contributed by atoms with Crippen molar-refractivity contribution in [2.45, 2.75) is 12.3 Å². The second-order valence-electron chi connectivity index (χ2n) is 4.16. The molecule has 0 aliphatic rings. The van der Waals surface area contributed by atoms with E-state index in [0.29, 0.717) is 17.2 Å². The molecule has 0 radical (unpaired) electrons. The van der Waals surface area contributed by atoms with E-state index in [1.807, 2.05) is 0 Å². The third kappa shape index (κ3) is 3.54. The van der Waals surface area contributed by atoms with Gasteiger partial charge in [0.25, 0.3) is 0 Å². The number of hydrogen-bond acceptors (Lipinski definition) is 6. The van der Waals surface area contributed by atoms with Gasteiger partial charge in [0.2, 0.25) is 0 Å². The molecule has 0 fully saturated rings.